The molecular formula is C14H17F3N2O3. The van der Waals surface area contributed by atoms with E-state index in [0.29, 0.717) is 18.5 Å². The smallest absolute Gasteiger partial charge is 0.422 e. The summed E-state index contributed by atoms with van der Waals surface area (Å²) in [6.45, 7) is -1.19. The van der Waals surface area contributed by atoms with Crippen LogP contribution in [-0.4, -0.2) is 36.1 Å². The van der Waals surface area contributed by atoms with Crippen LogP contribution in [0.15, 0.2) is 24.3 Å². The van der Waals surface area contributed by atoms with Crippen molar-refractivity contribution in [2.75, 3.05) is 18.5 Å². The monoisotopic (exact) mass is 318 g/mol. The summed E-state index contributed by atoms with van der Waals surface area (Å²) in [5.41, 5.74) is -0.399. The maximum absolute atomic E-state index is 12.0. The van der Waals surface area contributed by atoms with Crippen molar-refractivity contribution in [2.24, 2.45) is 0 Å². The molecule has 2 rings (SSSR count). The van der Waals surface area contributed by atoms with Gasteiger partial charge in [-0.25, -0.2) is 4.79 Å². The maximum Gasteiger partial charge on any atom is 0.422 e. The molecule has 0 atom stereocenters. The summed E-state index contributed by atoms with van der Waals surface area (Å²) in [5.74, 6) is 0.0621. The lowest BCUT2D eigenvalue weighted by Gasteiger charge is -2.36. The lowest BCUT2D eigenvalue weighted by Crippen LogP contribution is -2.48. The number of aliphatic hydroxyl groups is 1. The zero-order valence-corrected chi connectivity index (χ0v) is 11.7. The molecule has 5 nitrogen and oxygen atoms in total. The number of rotatable bonds is 5. The second-order valence-electron chi connectivity index (χ2n) is 5.31. The molecule has 1 aliphatic rings. The van der Waals surface area contributed by atoms with Crippen molar-refractivity contribution in [3.63, 3.8) is 0 Å². The average Bonchev–Trinajstić information content (AvgIpc) is 2.41. The van der Waals surface area contributed by atoms with Crippen molar-refractivity contribution in [2.45, 2.75) is 31.0 Å². The zero-order valence-electron chi connectivity index (χ0n) is 11.7. The molecule has 1 fully saturated rings. The van der Waals surface area contributed by atoms with Crippen molar-refractivity contribution in [1.29, 1.82) is 0 Å². The number of carbonyl (C=O) groups is 1. The van der Waals surface area contributed by atoms with E-state index in [1.54, 1.807) is 0 Å². The van der Waals surface area contributed by atoms with Crippen LogP contribution in [0.2, 0.25) is 0 Å². The number of hydrogen-bond acceptors (Lipinski definition) is 3. The lowest BCUT2D eigenvalue weighted by molar-refractivity contribution is -0.153. The van der Waals surface area contributed by atoms with E-state index in [9.17, 15) is 23.1 Å². The van der Waals surface area contributed by atoms with Gasteiger partial charge in [-0.3, -0.25) is 0 Å². The highest BCUT2D eigenvalue weighted by Gasteiger charge is 2.34. The Kier molecular flexibility index (Phi) is 4.80. The zero-order chi connectivity index (χ0) is 16.2. The van der Waals surface area contributed by atoms with E-state index in [0.717, 1.165) is 6.42 Å². The molecule has 1 aromatic rings. The van der Waals surface area contributed by atoms with Crippen molar-refractivity contribution in [3.05, 3.63) is 24.3 Å². The van der Waals surface area contributed by atoms with E-state index in [2.05, 4.69) is 15.4 Å². The SMILES string of the molecule is O=C(NCC1(O)CCC1)Nc1ccc(OCC(F)(F)F)cc1. The quantitative estimate of drug-likeness (QED) is 0.782. The summed E-state index contributed by atoms with van der Waals surface area (Å²) in [7, 11) is 0. The van der Waals surface area contributed by atoms with Crippen LogP contribution in [0.3, 0.4) is 0 Å². The van der Waals surface area contributed by atoms with Gasteiger partial charge < -0.3 is 20.5 Å². The molecule has 1 aliphatic carbocycles. The van der Waals surface area contributed by atoms with Gasteiger partial charge in [-0.1, -0.05) is 0 Å². The van der Waals surface area contributed by atoms with Crippen LogP contribution in [0.4, 0.5) is 23.7 Å². The summed E-state index contributed by atoms with van der Waals surface area (Å²) in [6, 6.07) is 5.05. The Bertz CT molecular complexity index is 513. The lowest BCUT2D eigenvalue weighted by atomic mass is 9.80. The minimum Gasteiger partial charge on any atom is -0.484 e. The highest BCUT2D eigenvalue weighted by atomic mass is 19.4. The molecule has 3 N–H and O–H groups in total. The predicted molar refractivity (Wildman–Crippen MR) is 73.8 cm³/mol. The Balaban J connectivity index is 1.76. The molecule has 0 bridgehead atoms. The first-order valence-corrected chi connectivity index (χ1v) is 6.83. The van der Waals surface area contributed by atoms with Crippen molar-refractivity contribution in [3.8, 4) is 5.75 Å². The number of nitrogens with one attached hydrogen (secondary N) is 2. The summed E-state index contributed by atoms with van der Waals surface area (Å²) in [6.07, 6.45) is -2.12. The van der Waals surface area contributed by atoms with Gasteiger partial charge in [0, 0.05) is 12.2 Å². The van der Waals surface area contributed by atoms with Gasteiger partial charge in [-0.15, -0.1) is 0 Å². The van der Waals surface area contributed by atoms with Crippen molar-refractivity contribution in [1.82, 2.24) is 5.32 Å². The van der Waals surface area contributed by atoms with Crippen molar-refractivity contribution >= 4 is 11.7 Å². The molecule has 2 amide bonds. The first-order chi connectivity index (χ1) is 10.3. The van der Waals surface area contributed by atoms with Gasteiger partial charge in [0.05, 0.1) is 5.60 Å². The number of urea groups is 1. The van der Waals surface area contributed by atoms with Gasteiger partial charge in [-0.2, -0.15) is 13.2 Å². The summed E-state index contributed by atoms with van der Waals surface area (Å²) < 4.78 is 40.5. The van der Waals surface area contributed by atoms with E-state index in [1.165, 1.54) is 24.3 Å². The van der Waals surface area contributed by atoms with Crippen LogP contribution >= 0.6 is 0 Å². The number of carbonyl (C=O) groups excluding carboxylic acids is 1. The summed E-state index contributed by atoms with van der Waals surface area (Å²) >= 11 is 0. The van der Waals surface area contributed by atoms with Crippen molar-refractivity contribution < 1.29 is 27.8 Å². The fourth-order valence-electron chi connectivity index (χ4n) is 1.98. The Morgan fingerprint density at radius 2 is 1.91 bits per heavy atom. The van der Waals surface area contributed by atoms with E-state index in [1.807, 2.05) is 0 Å². The number of ether oxygens (including phenoxy) is 1. The molecule has 0 spiro atoms. The minimum absolute atomic E-state index is 0.0621. The van der Waals surface area contributed by atoms with Gasteiger partial charge in [0.2, 0.25) is 0 Å². The van der Waals surface area contributed by atoms with Crippen LogP contribution in [0, 0.1) is 0 Å². The molecule has 8 heteroatoms. The van der Waals surface area contributed by atoms with Crippen LogP contribution in [-0.2, 0) is 0 Å². The highest BCUT2D eigenvalue weighted by molar-refractivity contribution is 5.89. The molecule has 1 saturated carbocycles. The first-order valence-electron chi connectivity index (χ1n) is 6.83. The Morgan fingerprint density at radius 3 is 2.41 bits per heavy atom. The Hall–Kier alpha value is -1.96. The number of amides is 2. The van der Waals surface area contributed by atoms with E-state index in [-0.39, 0.29) is 12.3 Å². The third kappa shape index (κ3) is 5.10. The first kappa shape index (κ1) is 16.4. The fourth-order valence-corrected chi connectivity index (χ4v) is 1.98. The second kappa shape index (κ2) is 6.43. The maximum atomic E-state index is 12.0. The molecule has 1 aromatic carbocycles. The van der Waals surface area contributed by atoms with Crippen LogP contribution in [0.1, 0.15) is 19.3 Å². The van der Waals surface area contributed by atoms with Gasteiger partial charge in [-0.05, 0) is 43.5 Å². The van der Waals surface area contributed by atoms with Crippen LogP contribution in [0.5, 0.6) is 5.75 Å². The van der Waals surface area contributed by atoms with Gasteiger partial charge in [0.1, 0.15) is 5.75 Å². The molecule has 0 aliphatic heterocycles. The van der Waals surface area contributed by atoms with E-state index < -0.39 is 24.4 Å². The highest BCUT2D eigenvalue weighted by Crippen LogP contribution is 2.30. The molecule has 0 aromatic heterocycles. The number of anilines is 1. The molecule has 0 unspecified atom stereocenters. The molecule has 122 valence electrons. The molecular weight excluding hydrogens is 301 g/mol. The topological polar surface area (TPSA) is 70.6 Å². The molecule has 22 heavy (non-hydrogen) atoms. The number of benzene rings is 1. The largest absolute Gasteiger partial charge is 0.484 e. The van der Waals surface area contributed by atoms with Gasteiger partial charge >= 0.3 is 12.2 Å². The molecule has 0 saturated heterocycles. The minimum atomic E-state index is -4.39. The third-order valence-electron chi connectivity index (χ3n) is 3.38. The van der Waals surface area contributed by atoms with Crippen LogP contribution in [0.25, 0.3) is 0 Å². The molecule has 0 heterocycles. The Morgan fingerprint density at radius 1 is 1.27 bits per heavy atom. The normalized spacial score (nSPS) is 16.5. The summed E-state index contributed by atoms with van der Waals surface area (Å²) in [5, 5.41) is 14.9. The Labute approximate surface area is 125 Å². The van der Waals surface area contributed by atoms with Gasteiger partial charge in [0.15, 0.2) is 6.61 Å². The second-order valence-corrected chi connectivity index (χ2v) is 5.31. The van der Waals surface area contributed by atoms with Crippen LogP contribution < -0.4 is 15.4 Å². The van der Waals surface area contributed by atoms with E-state index in [4.69, 9.17) is 0 Å². The average molecular weight is 318 g/mol. The number of halogens is 3. The molecule has 0 radical (unpaired) electrons. The van der Waals surface area contributed by atoms with Gasteiger partial charge in [0.25, 0.3) is 0 Å². The number of alkyl halides is 3. The fraction of sp³-hybridized carbons (Fsp3) is 0.500. The van der Waals surface area contributed by atoms with E-state index >= 15 is 0 Å². The number of hydrogen-bond donors (Lipinski definition) is 3. The summed E-state index contributed by atoms with van der Waals surface area (Å²) in [4.78, 5) is 11.6. The third-order valence-corrected chi connectivity index (χ3v) is 3.38. The predicted octanol–water partition coefficient (Wildman–Crippen LogP) is 2.66. The standard InChI is InChI=1S/C14H17F3N2O3/c15-14(16,17)9-22-11-4-2-10(3-5-11)19-12(20)18-8-13(21)6-1-7-13/h2-5,21H,1,6-9H2,(H2,18,19,20).